The molecule has 0 spiro atoms. The summed E-state index contributed by atoms with van der Waals surface area (Å²) in [5.74, 6) is 1.39. The van der Waals surface area contributed by atoms with Crippen LogP contribution in [0.15, 0.2) is 23.2 Å². The van der Waals surface area contributed by atoms with Crippen LogP contribution in [-0.4, -0.2) is 40.8 Å². The fourth-order valence-corrected chi connectivity index (χ4v) is 3.23. The fourth-order valence-electron chi connectivity index (χ4n) is 2.33. The minimum absolute atomic E-state index is 0.165. The third-order valence-corrected chi connectivity index (χ3v) is 5.42. The molecule has 1 aromatic rings. The smallest absolute Gasteiger partial charge is 0.191 e. The van der Waals surface area contributed by atoms with Gasteiger partial charge in [-0.25, -0.2) is 0 Å². The van der Waals surface area contributed by atoms with E-state index < -0.39 is 10.8 Å². The third-order valence-electron chi connectivity index (χ3n) is 3.47. The van der Waals surface area contributed by atoms with Gasteiger partial charge in [-0.15, -0.1) is 0 Å². The summed E-state index contributed by atoms with van der Waals surface area (Å²) in [5.41, 5.74) is 3.93. The van der Waals surface area contributed by atoms with Gasteiger partial charge in [0.05, 0.1) is 0 Å². The number of hydrogen-bond acceptors (Lipinski definition) is 2. The second kappa shape index (κ2) is 9.06. The summed E-state index contributed by atoms with van der Waals surface area (Å²) in [6.45, 7) is 11.7. The summed E-state index contributed by atoms with van der Waals surface area (Å²) >= 11 is 0. The van der Waals surface area contributed by atoms with E-state index in [0.717, 1.165) is 18.9 Å². The van der Waals surface area contributed by atoms with Crippen molar-refractivity contribution in [1.29, 1.82) is 0 Å². The number of nitrogens with zero attached hydrogens (tertiary/aromatic N) is 1. The van der Waals surface area contributed by atoms with Crippen LogP contribution in [0.1, 0.15) is 37.5 Å². The summed E-state index contributed by atoms with van der Waals surface area (Å²) in [6.07, 6.45) is 0.955. The van der Waals surface area contributed by atoms with Crippen LogP contribution in [0.4, 0.5) is 0 Å². The molecular formula is C18H31N3OS. The monoisotopic (exact) mass is 337 g/mol. The molecule has 4 nitrogen and oxygen atoms in total. The van der Waals surface area contributed by atoms with Crippen LogP contribution in [0.5, 0.6) is 0 Å². The van der Waals surface area contributed by atoms with Crippen molar-refractivity contribution in [2.45, 2.75) is 45.8 Å². The first-order valence-corrected chi connectivity index (χ1v) is 9.44. The second-order valence-electron chi connectivity index (χ2n) is 6.83. The molecule has 0 fully saturated rings. The van der Waals surface area contributed by atoms with Gasteiger partial charge in [-0.2, -0.15) is 0 Å². The SMILES string of the molecule is CN=C(NCCc1cc(C)cc(C)c1)NCCS(=O)C(C)(C)C. The predicted octanol–water partition coefficient (Wildman–Crippen LogP) is 2.56. The molecule has 1 atom stereocenters. The Kier molecular flexibility index (Phi) is 7.76. The fraction of sp³-hybridized carbons (Fsp3) is 0.611. The Hall–Kier alpha value is -1.36. The van der Waals surface area contributed by atoms with E-state index in [0.29, 0.717) is 12.3 Å². The Labute approximate surface area is 143 Å². The molecule has 5 heteroatoms. The van der Waals surface area contributed by atoms with E-state index in [4.69, 9.17) is 0 Å². The van der Waals surface area contributed by atoms with E-state index in [2.05, 4.69) is 47.7 Å². The molecule has 23 heavy (non-hydrogen) atoms. The van der Waals surface area contributed by atoms with Crippen molar-refractivity contribution >= 4 is 16.8 Å². The zero-order valence-electron chi connectivity index (χ0n) is 15.3. The average Bonchev–Trinajstić information content (AvgIpc) is 2.43. The molecule has 0 saturated carbocycles. The number of aryl methyl sites for hydroxylation is 2. The largest absolute Gasteiger partial charge is 0.356 e. The molecule has 0 saturated heterocycles. The maximum Gasteiger partial charge on any atom is 0.191 e. The summed E-state index contributed by atoms with van der Waals surface area (Å²) < 4.78 is 11.8. The van der Waals surface area contributed by atoms with Crippen molar-refractivity contribution in [3.63, 3.8) is 0 Å². The van der Waals surface area contributed by atoms with Crippen molar-refractivity contribution < 1.29 is 4.21 Å². The molecule has 0 aliphatic heterocycles. The van der Waals surface area contributed by atoms with Crippen LogP contribution in [0.25, 0.3) is 0 Å². The van der Waals surface area contributed by atoms with Gasteiger partial charge >= 0.3 is 0 Å². The molecule has 0 amide bonds. The van der Waals surface area contributed by atoms with Crippen molar-refractivity contribution in [2.24, 2.45) is 4.99 Å². The lowest BCUT2D eigenvalue weighted by molar-refractivity contribution is 0.647. The van der Waals surface area contributed by atoms with Gasteiger partial charge in [0.25, 0.3) is 0 Å². The molecule has 1 rings (SSSR count). The average molecular weight is 338 g/mol. The Morgan fingerprint density at radius 1 is 1.09 bits per heavy atom. The van der Waals surface area contributed by atoms with Crippen LogP contribution in [0, 0.1) is 13.8 Å². The lowest BCUT2D eigenvalue weighted by Crippen LogP contribution is -2.41. The highest BCUT2D eigenvalue weighted by Crippen LogP contribution is 2.10. The van der Waals surface area contributed by atoms with Crippen LogP contribution in [0.3, 0.4) is 0 Å². The Bertz CT molecular complexity index is 542. The molecule has 0 aliphatic rings. The van der Waals surface area contributed by atoms with Gasteiger partial charge in [-0.1, -0.05) is 29.3 Å². The molecule has 0 aliphatic carbocycles. The van der Waals surface area contributed by atoms with Crippen molar-refractivity contribution in [1.82, 2.24) is 10.6 Å². The first-order valence-electron chi connectivity index (χ1n) is 8.12. The normalized spacial score (nSPS) is 13.7. The molecule has 0 bridgehead atoms. The van der Waals surface area contributed by atoms with E-state index in [9.17, 15) is 4.21 Å². The Morgan fingerprint density at radius 2 is 1.65 bits per heavy atom. The van der Waals surface area contributed by atoms with Gasteiger partial charge in [0.15, 0.2) is 5.96 Å². The van der Waals surface area contributed by atoms with Gasteiger partial charge in [0.2, 0.25) is 0 Å². The van der Waals surface area contributed by atoms with Gasteiger partial charge in [-0.05, 0) is 46.6 Å². The van der Waals surface area contributed by atoms with E-state index in [-0.39, 0.29) is 4.75 Å². The van der Waals surface area contributed by atoms with Gasteiger partial charge in [-0.3, -0.25) is 9.20 Å². The number of nitrogens with one attached hydrogen (secondary N) is 2. The number of aliphatic imine (C=N–C) groups is 1. The first-order chi connectivity index (χ1) is 10.7. The van der Waals surface area contributed by atoms with Crippen LogP contribution in [0.2, 0.25) is 0 Å². The quantitative estimate of drug-likeness (QED) is 0.620. The summed E-state index contributed by atoms with van der Waals surface area (Å²) in [7, 11) is 0.915. The lowest BCUT2D eigenvalue weighted by atomic mass is 10.1. The minimum Gasteiger partial charge on any atom is -0.356 e. The third kappa shape index (κ3) is 7.64. The molecule has 2 N–H and O–H groups in total. The lowest BCUT2D eigenvalue weighted by Gasteiger charge is -2.18. The number of benzene rings is 1. The molecule has 1 unspecified atom stereocenters. The maximum atomic E-state index is 12.0. The summed E-state index contributed by atoms with van der Waals surface area (Å²) in [4.78, 5) is 4.21. The Balaban J connectivity index is 2.36. The molecule has 0 heterocycles. The van der Waals surface area contributed by atoms with Gasteiger partial charge in [0.1, 0.15) is 0 Å². The van der Waals surface area contributed by atoms with Gasteiger partial charge in [0, 0.05) is 41.4 Å². The van der Waals surface area contributed by atoms with Crippen molar-refractivity contribution in [3.05, 3.63) is 34.9 Å². The van der Waals surface area contributed by atoms with Crippen LogP contribution >= 0.6 is 0 Å². The summed E-state index contributed by atoms with van der Waals surface area (Å²) in [6, 6.07) is 6.63. The first kappa shape index (κ1) is 19.7. The minimum atomic E-state index is -0.842. The molecule has 0 radical (unpaired) electrons. The molecule has 0 aromatic heterocycles. The molecule has 1 aromatic carbocycles. The molecule has 130 valence electrons. The Morgan fingerprint density at radius 3 is 2.17 bits per heavy atom. The van der Waals surface area contributed by atoms with E-state index in [1.807, 2.05) is 20.8 Å². The standard InChI is InChI=1S/C18H31N3OS/c1-14-11-15(2)13-16(12-14)7-8-20-17(19-6)21-9-10-23(22)18(3,4)5/h11-13H,7-10H2,1-6H3,(H2,19,20,21). The van der Waals surface area contributed by atoms with Crippen molar-refractivity contribution in [3.8, 4) is 0 Å². The van der Waals surface area contributed by atoms with Crippen LogP contribution < -0.4 is 10.6 Å². The zero-order valence-corrected chi connectivity index (χ0v) is 16.1. The van der Waals surface area contributed by atoms with Crippen LogP contribution in [-0.2, 0) is 17.2 Å². The highest BCUT2D eigenvalue weighted by Gasteiger charge is 2.18. The second-order valence-corrected chi connectivity index (χ2v) is 9.16. The number of rotatable bonds is 6. The predicted molar refractivity (Wildman–Crippen MR) is 102 cm³/mol. The van der Waals surface area contributed by atoms with Crippen molar-refractivity contribution in [2.75, 3.05) is 25.9 Å². The molecular weight excluding hydrogens is 306 g/mol. The highest BCUT2D eigenvalue weighted by molar-refractivity contribution is 7.86. The van der Waals surface area contributed by atoms with E-state index >= 15 is 0 Å². The van der Waals surface area contributed by atoms with E-state index in [1.165, 1.54) is 16.7 Å². The topological polar surface area (TPSA) is 53.5 Å². The summed E-state index contributed by atoms with van der Waals surface area (Å²) in [5, 5.41) is 6.54. The number of guanidine groups is 1. The zero-order chi connectivity index (χ0) is 17.5. The van der Waals surface area contributed by atoms with Gasteiger partial charge < -0.3 is 10.6 Å². The van der Waals surface area contributed by atoms with E-state index in [1.54, 1.807) is 7.05 Å². The number of hydrogen-bond donors (Lipinski definition) is 2. The highest BCUT2D eigenvalue weighted by atomic mass is 32.2. The maximum absolute atomic E-state index is 12.0.